The third-order valence-electron chi connectivity index (χ3n) is 0.879. The number of aliphatic hydroxyl groups excluding tert-OH is 1. The van der Waals surface area contributed by atoms with Gasteiger partial charge in [-0.3, -0.25) is 4.79 Å². The van der Waals surface area contributed by atoms with Crippen LogP contribution in [0, 0.1) is 0 Å². The van der Waals surface area contributed by atoms with Gasteiger partial charge in [-0.1, -0.05) is 13.3 Å². The highest BCUT2D eigenvalue weighted by molar-refractivity contribution is 5.89. The lowest BCUT2D eigenvalue weighted by atomic mass is 10.3. The zero-order valence-electron chi connectivity index (χ0n) is 5.42. The van der Waals surface area contributed by atoms with E-state index in [9.17, 15) is 4.79 Å². The standard InChI is InChI=1S/C6H11NO2/c1-2-3-4-5(8)6(7)9/h4,8H,2-3H2,1H3,(H2,7,9)/b5-4-. The predicted molar refractivity (Wildman–Crippen MR) is 34.8 cm³/mol. The molecule has 0 aromatic heterocycles. The third-order valence-corrected chi connectivity index (χ3v) is 0.879. The lowest BCUT2D eigenvalue weighted by Gasteiger charge is -1.89. The van der Waals surface area contributed by atoms with E-state index in [0.29, 0.717) is 6.42 Å². The van der Waals surface area contributed by atoms with Crippen LogP contribution in [-0.4, -0.2) is 11.0 Å². The number of carbonyl (C=O) groups excluding carboxylic acids is 1. The average Bonchev–Trinajstić information content (AvgIpc) is 1.82. The number of unbranched alkanes of at least 4 members (excludes halogenated alkanes) is 1. The predicted octanol–water partition coefficient (Wildman–Crippen LogP) is 0.714. The normalized spacial score (nSPS) is 11.4. The zero-order chi connectivity index (χ0) is 7.28. The van der Waals surface area contributed by atoms with Gasteiger partial charge in [0, 0.05) is 0 Å². The first-order chi connectivity index (χ1) is 4.18. The van der Waals surface area contributed by atoms with Crippen molar-refractivity contribution in [2.24, 2.45) is 5.73 Å². The van der Waals surface area contributed by atoms with E-state index in [4.69, 9.17) is 10.8 Å². The second-order valence-corrected chi connectivity index (χ2v) is 1.74. The van der Waals surface area contributed by atoms with Crippen LogP contribution < -0.4 is 5.73 Å². The maximum Gasteiger partial charge on any atom is 0.283 e. The molecule has 3 N–H and O–H groups in total. The molecule has 0 atom stereocenters. The van der Waals surface area contributed by atoms with Gasteiger partial charge in [0.15, 0.2) is 5.76 Å². The average molecular weight is 129 g/mol. The molecular formula is C6H11NO2. The van der Waals surface area contributed by atoms with E-state index in [0.717, 1.165) is 6.42 Å². The van der Waals surface area contributed by atoms with Crippen molar-refractivity contribution in [3.05, 3.63) is 11.8 Å². The van der Waals surface area contributed by atoms with Gasteiger partial charge in [-0.15, -0.1) is 0 Å². The molecule has 0 rings (SSSR count). The van der Waals surface area contributed by atoms with Crippen LogP contribution in [0.3, 0.4) is 0 Å². The quantitative estimate of drug-likeness (QED) is 0.435. The number of aliphatic hydroxyl groups is 1. The molecule has 0 fully saturated rings. The molecule has 0 aliphatic heterocycles. The van der Waals surface area contributed by atoms with Gasteiger partial charge >= 0.3 is 0 Å². The maximum atomic E-state index is 10.1. The third kappa shape index (κ3) is 3.58. The molecule has 52 valence electrons. The molecule has 0 aliphatic rings. The first-order valence-corrected chi connectivity index (χ1v) is 2.87. The second-order valence-electron chi connectivity index (χ2n) is 1.74. The van der Waals surface area contributed by atoms with Crippen LogP contribution in [0.1, 0.15) is 19.8 Å². The number of amides is 1. The van der Waals surface area contributed by atoms with E-state index in [1.807, 2.05) is 6.92 Å². The number of rotatable bonds is 3. The van der Waals surface area contributed by atoms with Crippen molar-refractivity contribution in [3.8, 4) is 0 Å². The van der Waals surface area contributed by atoms with Crippen LogP contribution in [0.4, 0.5) is 0 Å². The van der Waals surface area contributed by atoms with Crippen molar-refractivity contribution >= 4 is 5.91 Å². The van der Waals surface area contributed by atoms with Crippen LogP contribution in [0.15, 0.2) is 11.8 Å². The van der Waals surface area contributed by atoms with Gasteiger partial charge in [0.2, 0.25) is 0 Å². The van der Waals surface area contributed by atoms with Crippen molar-refractivity contribution in [3.63, 3.8) is 0 Å². The second kappa shape index (κ2) is 3.95. The number of primary amides is 1. The Morgan fingerprint density at radius 3 is 2.67 bits per heavy atom. The van der Waals surface area contributed by atoms with E-state index in [1.165, 1.54) is 6.08 Å². The Kier molecular flexibility index (Phi) is 3.51. The van der Waals surface area contributed by atoms with Crippen molar-refractivity contribution in [2.75, 3.05) is 0 Å². The summed E-state index contributed by atoms with van der Waals surface area (Å²) < 4.78 is 0. The fourth-order valence-corrected chi connectivity index (χ4v) is 0.382. The van der Waals surface area contributed by atoms with Crippen LogP contribution in [-0.2, 0) is 4.79 Å². The number of allylic oxidation sites excluding steroid dienone is 1. The molecule has 0 saturated carbocycles. The monoisotopic (exact) mass is 129 g/mol. The molecule has 0 bridgehead atoms. The topological polar surface area (TPSA) is 63.3 Å². The largest absolute Gasteiger partial charge is 0.503 e. The summed E-state index contributed by atoms with van der Waals surface area (Å²) in [5.74, 6) is -1.10. The first kappa shape index (κ1) is 8.01. The van der Waals surface area contributed by atoms with Gasteiger partial charge in [0.25, 0.3) is 5.91 Å². The highest BCUT2D eigenvalue weighted by atomic mass is 16.3. The van der Waals surface area contributed by atoms with Crippen molar-refractivity contribution in [1.29, 1.82) is 0 Å². The molecule has 3 heteroatoms. The van der Waals surface area contributed by atoms with Gasteiger partial charge in [0.1, 0.15) is 0 Å². The van der Waals surface area contributed by atoms with Gasteiger partial charge in [-0.25, -0.2) is 0 Å². The summed E-state index contributed by atoms with van der Waals surface area (Å²) in [6, 6.07) is 0. The van der Waals surface area contributed by atoms with Gasteiger partial charge < -0.3 is 10.8 Å². The number of nitrogens with two attached hydrogens (primary N) is 1. The lowest BCUT2D eigenvalue weighted by Crippen LogP contribution is -2.13. The minimum absolute atomic E-state index is 0.336. The number of hydrogen-bond acceptors (Lipinski definition) is 2. The van der Waals surface area contributed by atoms with E-state index in [2.05, 4.69) is 0 Å². The molecule has 0 spiro atoms. The van der Waals surface area contributed by atoms with Crippen LogP contribution in [0.25, 0.3) is 0 Å². The Balaban J connectivity index is 3.69. The van der Waals surface area contributed by atoms with Gasteiger partial charge in [-0.2, -0.15) is 0 Å². The molecule has 0 aliphatic carbocycles. The number of carbonyl (C=O) groups is 1. The first-order valence-electron chi connectivity index (χ1n) is 2.87. The molecule has 0 radical (unpaired) electrons. The highest BCUT2D eigenvalue weighted by Crippen LogP contribution is 1.93. The van der Waals surface area contributed by atoms with Crippen molar-refractivity contribution < 1.29 is 9.90 Å². The minimum atomic E-state index is -0.761. The summed E-state index contributed by atoms with van der Waals surface area (Å²) in [5.41, 5.74) is 4.72. The Morgan fingerprint density at radius 2 is 2.33 bits per heavy atom. The molecule has 0 aromatic rings. The molecule has 9 heavy (non-hydrogen) atoms. The molecular weight excluding hydrogens is 118 g/mol. The summed E-state index contributed by atoms with van der Waals surface area (Å²) in [6.45, 7) is 1.95. The van der Waals surface area contributed by atoms with Crippen LogP contribution >= 0.6 is 0 Å². The molecule has 3 nitrogen and oxygen atoms in total. The van der Waals surface area contributed by atoms with Crippen LogP contribution in [0.2, 0.25) is 0 Å². The van der Waals surface area contributed by atoms with Gasteiger partial charge in [0.05, 0.1) is 0 Å². The zero-order valence-corrected chi connectivity index (χ0v) is 5.42. The summed E-state index contributed by atoms with van der Waals surface area (Å²) in [4.78, 5) is 10.1. The van der Waals surface area contributed by atoms with Crippen LogP contribution in [0.5, 0.6) is 0 Å². The molecule has 0 aromatic carbocycles. The Hall–Kier alpha value is -0.990. The van der Waals surface area contributed by atoms with E-state index >= 15 is 0 Å². The smallest absolute Gasteiger partial charge is 0.283 e. The minimum Gasteiger partial charge on any atom is -0.503 e. The summed E-state index contributed by atoms with van der Waals surface area (Å²) in [7, 11) is 0. The summed E-state index contributed by atoms with van der Waals surface area (Å²) >= 11 is 0. The fraction of sp³-hybridized carbons (Fsp3) is 0.500. The Bertz CT molecular complexity index is 129. The van der Waals surface area contributed by atoms with E-state index < -0.39 is 5.91 Å². The molecule has 1 amide bonds. The molecule has 0 heterocycles. The summed E-state index contributed by atoms with van der Waals surface area (Å²) in [6.07, 6.45) is 3.01. The highest BCUT2D eigenvalue weighted by Gasteiger charge is 1.96. The SMILES string of the molecule is CCC/C=C(\O)C(N)=O. The lowest BCUT2D eigenvalue weighted by molar-refractivity contribution is -0.116. The molecule has 0 saturated heterocycles. The Morgan fingerprint density at radius 1 is 1.78 bits per heavy atom. The fourth-order valence-electron chi connectivity index (χ4n) is 0.382. The van der Waals surface area contributed by atoms with Gasteiger partial charge in [-0.05, 0) is 12.5 Å². The van der Waals surface area contributed by atoms with Crippen molar-refractivity contribution in [1.82, 2.24) is 0 Å². The van der Waals surface area contributed by atoms with Crippen molar-refractivity contribution in [2.45, 2.75) is 19.8 Å². The summed E-state index contributed by atoms with van der Waals surface area (Å²) in [5, 5.41) is 8.64. The number of hydrogen-bond donors (Lipinski definition) is 2. The maximum absolute atomic E-state index is 10.1. The van der Waals surface area contributed by atoms with E-state index in [1.54, 1.807) is 0 Å². The molecule has 0 unspecified atom stereocenters. The Labute approximate surface area is 54.2 Å². The van der Waals surface area contributed by atoms with E-state index in [-0.39, 0.29) is 5.76 Å².